The summed E-state index contributed by atoms with van der Waals surface area (Å²) < 4.78 is 17.3. The van der Waals surface area contributed by atoms with E-state index in [1.807, 2.05) is 54.3 Å². The van der Waals surface area contributed by atoms with E-state index in [2.05, 4.69) is 4.90 Å². The maximum absolute atomic E-state index is 13.0. The molecular formula is C26H32N2O4. The van der Waals surface area contributed by atoms with Gasteiger partial charge in [-0.3, -0.25) is 9.69 Å². The summed E-state index contributed by atoms with van der Waals surface area (Å²) >= 11 is 0. The zero-order chi connectivity index (χ0) is 22.3. The first-order chi connectivity index (χ1) is 15.7. The van der Waals surface area contributed by atoms with Crippen LogP contribution in [-0.4, -0.2) is 57.3 Å². The van der Waals surface area contributed by atoms with Crippen LogP contribution in [0.4, 0.5) is 5.69 Å². The van der Waals surface area contributed by atoms with Crippen molar-refractivity contribution in [2.75, 3.05) is 51.4 Å². The molecule has 0 saturated carbocycles. The molecule has 0 radical (unpaired) electrons. The van der Waals surface area contributed by atoms with Crippen LogP contribution < -0.4 is 19.1 Å². The van der Waals surface area contributed by atoms with E-state index in [4.69, 9.17) is 14.2 Å². The number of ether oxygens (including phenoxy) is 3. The van der Waals surface area contributed by atoms with Gasteiger partial charge in [0.05, 0.1) is 19.4 Å². The average Bonchev–Trinajstić information content (AvgIpc) is 3.47. The highest BCUT2D eigenvalue weighted by molar-refractivity contribution is 6.05. The molecule has 0 atom stereocenters. The summed E-state index contributed by atoms with van der Waals surface area (Å²) in [7, 11) is 1.66. The van der Waals surface area contributed by atoms with Crippen molar-refractivity contribution in [1.82, 2.24) is 4.90 Å². The Bertz CT molecular complexity index is 966. The smallest absolute Gasteiger partial charge is 0.251 e. The second kappa shape index (κ2) is 10.6. The third kappa shape index (κ3) is 5.07. The molecule has 170 valence electrons. The van der Waals surface area contributed by atoms with Gasteiger partial charge in [0.2, 0.25) is 0 Å². The molecule has 0 N–H and O–H groups in total. The molecule has 2 heterocycles. The molecule has 0 aromatic heterocycles. The van der Waals surface area contributed by atoms with Gasteiger partial charge in [-0.1, -0.05) is 18.2 Å². The Morgan fingerprint density at radius 2 is 1.84 bits per heavy atom. The van der Waals surface area contributed by atoms with Gasteiger partial charge in [-0.25, -0.2) is 0 Å². The summed E-state index contributed by atoms with van der Waals surface area (Å²) in [4.78, 5) is 17.2. The van der Waals surface area contributed by atoms with Gasteiger partial charge in [-0.05, 0) is 63.0 Å². The van der Waals surface area contributed by atoms with E-state index in [1.165, 1.54) is 12.8 Å². The highest BCUT2D eigenvalue weighted by Gasteiger charge is 2.26. The zero-order valence-electron chi connectivity index (χ0n) is 19.0. The lowest BCUT2D eigenvalue weighted by Crippen LogP contribution is -2.27. The minimum absolute atomic E-state index is 0.0526. The minimum Gasteiger partial charge on any atom is -0.493 e. The van der Waals surface area contributed by atoms with Crippen LogP contribution >= 0.6 is 0 Å². The van der Waals surface area contributed by atoms with Gasteiger partial charge in [0.25, 0.3) is 5.91 Å². The predicted octanol–water partition coefficient (Wildman–Crippen LogP) is 4.17. The van der Waals surface area contributed by atoms with E-state index in [1.54, 1.807) is 13.2 Å². The van der Waals surface area contributed by atoms with Gasteiger partial charge in [-0.2, -0.15) is 0 Å². The number of likely N-dealkylation sites (tertiary alicyclic amines) is 1. The standard InChI is InChI=1S/C26H32N2O4/c1-3-31-23-9-5-4-8-20(23)10-11-26(29)28-15-12-21-18-24(30-2)25(19-22(21)28)32-17-16-27-13-6-7-14-27/h4-5,8-11,18-19H,3,6-7,12-17H2,1-2H3/b11-10+. The van der Waals surface area contributed by atoms with Crippen LogP contribution in [0.3, 0.4) is 0 Å². The number of anilines is 1. The maximum Gasteiger partial charge on any atom is 0.251 e. The predicted molar refractivity (Wildman–Crippen MR) is 127 cm³/mol. The van der Waals surface area contributed by atoms with Crippen LogP contribution in [-0.2, 0) is 11.2 Å². The number of amides is 1. The fourth-order valence-electron chi connectivity index (χ4n) is 4.34. The van der Waals surface area contributed by atoms with E-state index < -0.39 is 0 Å². The Hall–Kier alpha value is -2.99. The first-order valence-electron chi connectivity index (χ1n) is 11.5. The molecule has 2 aliphatic rings. The Labute approximate surface area is 190 Å². The van der Waals surface area contributed by atoms with Crippen molar-refractivity contribution < 1.29 is 19.0 Å². The summed E-state index contributed by atoms with van der Waals surface area (Å²) in [6, 6.07) is 11.7. The van der Waals surface area contributed by atoms with Gasteiger partial charge in [0, 0.05) is 30.8 Å². The van der Waals surface area contributed by atoms with Crippen LogP contribution in [0.2, 0.25) is 0 Å². The van der Waals surface area contributed by atoms with Crippen molar-refractivity contribution in [1.29, 1.82) is 0 Å². The summed E-state index contributed by atoms with van der Waals surface area (Å²) in [5, 5.41) is 0. The van der Waals surface area contributed by atoms with Crippen molar-refractivity contribution in [2.45, 2.75) is 26.2 Å². The Kier molecular flexibility index (Phi) is 7.32. The van der Waals surface area contributed by atoms with Gasteiger partial charge in [-0.15, -0.1) is 0 Å². The fourth-order valence-corrected chi connectivity index (χ4v) is 4.34. The molecule has 0 unspecified atom stereocenters. The number of methoxy groups -OCH3 is 1. The second-order valence-corrected chi connectivity index (χ2v) is 8.07. The SMILES string of the molecule is CCOc1ccccc1/C=C/C(=O)N1CCc2cc(OC)c(OCCN3CCCC3)cc21. The molecule has 0 bridgehead atoms. The number of rotatable bonds is 9. The van der Waals surface area contributed by atoms with Crippen molar-refractivity contribution in [3.8, 4) is 17.2 Å². The summed E-state index contributed by atoms with van der Waals surface area (Å²) in [5.41, 5.74) is 2.89. The first kappa shape index (κ1) is 22.2. The summed E-state index contributed by atoms with van der Waals surface area (Å²) in [6.45, 7) is 6.98. The quantitative estimate of drug-likeness (QED) is 0.552. The largest absolute Gasteiger partial charge is 0.493 e. The molecule has 4 rings (SSSR count). The third-order valence-corrected chi connectivity index (χ3v) is 6.01. The molecule has 32 heavy (non-hydrogen) atoms. The zero-order valence-corrected chi connectivity index (χ0v) is 19.0. The van der Waals surface area contributed by atoms with E-state index in [0.29, 0.717) is 25.5 Å². The number of benzene rings is 2. The van der Waals surface area contributed by atoms with E-state index in [-0.39, 0.29) is 5.91 Å². The van der Waals surface area contributed by atoms with E-state index in [0.717, 1.165) is 54.4 Å². The molecule has 1 fully saturated rings. The third-order valence-electron chi connectivity index (χ3n) is 6.01. The molecule has 2 aromatic carbocycles. The number of para-hydroxylation sites is 1. The molecule has 0 spiro atoms. The number of carbonyl (C=O) groups is 1. The van der Waals surface area contributed by atoms with Crippen molar-refractivity contribution >= 4 is 17.7 Å². The summed E-state index contributed by atoms with van der Waals surface area (Å²) in [5.74, 6) is 2.14. The number of carbonyl (C=O) groups excluding carboxylic acids is 1. The molecule has 0 aliphatic carbocycles. The number of hydrogen-bond donors (Lipinski definition) is 0. The fraction of sp³-hybridized carbons (Fsp3) is 0.423. The molecule has 2 aliphatic heterocycles. The maximum atomic E-state index is 13.0. The normalized spacial score (nSPS) is 15.9. The molecule has 1 saturated heterocycles. The monoisotopic (exact) mass is 436 g/mol. The van der Waals surface area contributed by atoms with Crippen molar-refractivity contribution in [3.05, 3.63) is 53.6 Å². The van der Waals surface area contributed by atoms with Crippen LogP contribution in [0.1, 0.15) is 30.9 Å². The second-order valence-electron chi connectivity index (χ2n) is 8.07. The number of hydrogen-bond acceptors (Lipinski definition) is 5. The van der Waals surface area contributed by atoms with Gasteiger partial charge in [0.15, 0.2) is 11.5 Å². The molecule has 6 nitrogen and oxygen atoms in total. The van der Waals surface area contributed by atoms with E-state index in [9.17, 15) is 4.79 Å². The van der Waals surface area contributed by atoms with Gasteiger partial charge < -0.3 is 19.1 Å². The Morgan fingerprint density at radius 1 is 1.03 bits per heavy atom. The lowest BCUT2D eigenvalue weighted by atomic mass is 10.1. The minimum atomic E-state index is -0.0526. The lowest BCUT2D eigenvalue weighted by Gasteiger charge is -2.19. The average molecular weight is 437 g/mol. The molecule has 6 heteroatoms. The summed E-state index contributed by atoms with van der Waals surface area (Å²) in [6.07, 6.45) is 6.77. The highest BCUT2D eigenvalue weighted by atomic mass is 16.5. The van der Waals surface area contributed by atoms with Gasteiger partial charge in [0.1, 0.15) is 12.4 Å². The number of nitrogens with zero attached hydrogens (tertiary/aromatic N) is 2. The van der Waals surface area contributed by atoms with Gasteiger partial charge >= 0.3 is 0 Å². The molecule has 2 aromatic rings. The number of fused-ring (bicyclic) bond motifs is 1. The van der Waals surface area contributed by atoms with E-state index >= 15 is 0 Å². The van der Waals surface area contributed by atoms with Crippen LogP contribution in [0, 0.1) is 0 Å². The lowest BCUT2D eigenvalue weighted by molar-refractivity contribution is -0.114. The topological polar surface area (TPSA) is 51.2 Å². The Morgan fingerprint density at radius 3 is 2.62 bits per heavy atom. The van der Waals surface area contributed by atoms with Crippen LogP contribution in [0.25, 0.3) is 6.08 Å². The first-order valence-corrected chi connectivity index (χ1v) is 11.5. The van der Waals surface area contributed by atoms with Crippen molar-refractivity contribution in [3.63, 3.8) is 0 Å². The van der Waals surface area contributed by atoms with Crippen LogP contribution in [0.5, 0.6) is 17.2 Å². The van der Waals surface area contributed by atoms with Crippen LogP contribution in [0.15, 0.2) is 42.5 Å². The molecular weight excluding hydrogens is 404 g/mol. The molecule has 1 amide bonds. The highest BCUT2D eigenvalue weighted by Crippen LogP contribution is 2.39. The Balaban J connectivity index is 1.47. The van der Waals surface area contributed by atoms with Crippen molar-refractivity contribution in [2.24, 2.45) is 0 Å².